The molecule has 0 saturated carbocycles. The lowest BCUT2D eigenvalue weighted by Gasteiger charge is -2.43. The summed E-state index contributed by atoms with van der Waals surface area (Å²) in [6.45, 7) is 5.18. The minimum Gasteiger partial charge on any atom is -0.382 e. The van der Waals surface area contributed by atoms with Gasteiger partial charge >= 0.3 is 0 Å². The van der Waals surface area contributed by atoms with Crippen molar-refractivity contribution in [3.8, 4) is 11.4 Å². The molecule has 0 aromatic carbocycles. The molecule has 0 bridgehead atoms. The highest BCUT2D eigenvalue weighted by Crippen LogP contribution is 2.47. The van der Waals surface area contributed by atoms with E-state index in [2.05, 4.69) is 32.7 Å². The van der Waals surface area contributed by atoms with Crippen molar-refractivity contribution in [2.24, 2.45) is 5.41 Å². The van der Waals surface area contributed by atoms with Crippen molar-refractivity contribution < 1.29 is 4.79 Å². The third-order valence-corrected chi connectivity index (χ3v) is 6.58. The maximum Gasteiger partial charge on any atom is 0.245 e. The molecule has 158 valence electrons. The van der Waals surface area contributed by atoms with Crippen LogP contribution in [0, 0.1) is 5.41 Å². The van der Waals surface area contributed by atoms with E-state index in [-0.39, 0.29) is 11.3 Å². The number of carbonyl (C=O) groups is 1. The Kier molecular flexibility index (Phi) is 4.72. The molecular formula is C22H24N8O. The molecule has 1 aliphatic carbocycles. The van der Waals surface area contributed by atoms with Crippen LogP contribution in [0.5, 0.6) is 0 Å². The second-order valence-electron chi connectivity index (χ2n) is 8.24. The Hall–Kier alpha value is -3.62. The minimum absolute atomic E-state index is 0.0257. The van der Waals surface area contributed by atoms with Crippen molar-refractivity contribution in [2.45, 2.75) is 32.1 Å². The lowest BCUT2D eigenvalue weighted by molar-refractivity contribution is -0.128. The smallest absolute Gasteiger partial charge is 0.245 e. The lowest BCUT2D eigenvalue weighted by atomic mass is 9.68. The largest absolute Gasteiger partial charge is 0.382 e. The van der Waals surface area contributed by atoms with Gasteiger partial charge in [-0.15, -0.1) is 14.8 Å². The van der Waals surface area contributed by atoms with E-state index < -0.39 is 0 Å². The molecule has 0 radical (unpaired) electrons. The highest BCUT2D eigenvalue weighted by molar-refractivity contribution is 5.92. The number of anilines is 1. The SMILES string of the molecule is C=CC(=O)N1CCC2(CC=C(c3nn4ncnc(N)c4c3-c3ncccn3)CC2)CC1. The zero-order valence-electron chi connectivity index (χ0n) is 17.2. The fraction of sp³-hybridized carbons (Fsp3) is 0.364. The van der Waals surface area contributed by atoms with E-state index in [9.17, 15) is 4.79 Å². The molecule has 1 fully saturated rings. The molecule has 31 heavy (non-hydrogen) atoms. The molecule has 4 heterocycles. The summed E-state index contributed by atoms with van der Waals surface area (Å²) in [5.41, 5.74) is 9.78. The van der Waals surface area contributed by atoms with Gasteiger partial charge in [0.05, 0.1) is 5.56 Å². The number of hydrogen-bond donors (Lipinski definition) is 1. The molecule has 0 unspecified atom stereocenters. The van der Waals surface area contributed by atoms with Crippen molar-refractivity contribution in [3.63, 3.8) is 0 Å². The van der Waals surface area contributed by atoms with E-state index >= 15 is 0 Å². The Labute approximate surface area is 179 Å². The van der Waals surface area contributed by atoms with Gasteiger partial charge in [0.1, 0.15) is 17.5 Å². The summed E-state index contributed by atoms with van der Waals surface area (Å²) < 4.78 is 1.52. The molecule has 1 aliphatic heterocycles. The molecular weight excluding hydrogens is 392 g/mol. The van der Waals surface area contributed by atoms with Gasteiger partial charge in [-0.25, -0.2) is 15.0 Å². The van der Waals surface area contributed by atoms with E-state index in [1.165, 1.54) is 17.0 Å². The number of aromatic nitrogens is 6. The van der Waals surface area contributed by atoms with Gasteiger partial charge in [0.2, 0.25) is 5.91 Å². The molecule has 2 aliphatic rings. The number of rotatable bonds is 3. The molecule has 0 atom stereocenters. The van der Waals surface area contributed by atoms with Crippen LogP contribution in [0.4, 0.5) is 5.82 Å². The number of nitrogens with zero attached hydrogens (tertiary/aromatic N) is 7. The summed E-state index contributed by atoms with van der Waals surface area (Å²) in [4.78, 5) is 26.8. The maximum absolute atomic E-state index is 11.9. The average molecular weight is 416 g/mol. The molecule has 3 aromatic heterocycles. The topological polar surface area (TPSA) is 115 Å². The zero-order chi connectivity index (χ0) is 21.4. The number of amides is 1. The highest BCUT2D eigenvalue weighted by Gasteiger charge is 2.37. The average Bonchev–Trinajstić information content (AvgIpc) is 3.21. The van der Waals surface area contributed by atoms with Crippen LogP contribution in [0.15, 0.2) is 43.5 Å². The molecule has 3 aromatic rings. The predicted molar refractivity (Wildman–Crippen MR) is 116 cm³/mol. The molecule has 1 saturated heterocycles. The summed E-state index contributed by atoms with van der Waals surface area (Å²) in [5.74, 6) is 0.938. The van der Waals surface area contributed by atoms with Gasteiger partial charge in [0.15, 0.2) is 11.6 Å². The van der Waals surface area contributed by atoms with Crippen molar-refractivity contribution in [2.75, 3.05) is 18.8 Å². The molecule has 1 spiro atoms. The Morgan fingerprint density at radius 2 is 1.94 bits per heavy atom. The van der Waals surface area contributed by atoms with Gasteiger partial charge in [-0.1, -0.05) is 12.7 Å². The van der Waals surface area contributed by atoms with Gasteiger partial charge in [-0.2, -0.15) is 0 Å². The number of carbonyl (C=O) groups excluding carboxylic acids is 1. The number of hydrogen-bond acceptors (Lipinski definition) is 7. The number of likely N-dealkylation sites (tertiary alicyclic amines) is 1. The number of allylic oxidation sites excluding steroid dienone is 2. The summed E-state index contributed by atoms with van der Waals surface area (Å²) in [7, 11) is 0. The second kappa shape index (κ2) is 7.57. The summed E-state index contributed by atoms with van der Waals surface area (Å²) in [6.07, 6.45) is 13.4. The summed E-state index contributed by atoms with van der Waals surface area (Å²) in [5, 5.41) is 8.97. The first-order chi connectivity index (χ1) is 15.1. The van der Waals surface area contributed by atoms with Gasteiger partial charge in [-0.3, -0.25) is 4.79 Å². The van der Waals surface area contributed by atoms with Crippen molar-refractivity contribution in [1.29, 1.82) is 0 Å². The van der Waals surface area contributed by atoms with Crippen LogP contribution < -0.4 is 5.73 Å². The Morgan fingerprint density at radius 3 is 2.61 bits per heavy atom. The monoisotopic (exact) mass is 416 g/mol. The standard InChI is InChI=1S/C22H24N8O/c1-2-16(31)29-12-8-22(9-13-29)6-4-15(5-7-22)18-17(21-24-10-3-11-25-21)19-20(23)26-14-27-30(19)28-18/h2-4,10-11,14H,1,5-9,12-13H2,(H2,23,26,27). The van der Waals surface area contributed by atoms with E-state index in [1.54, 1.807) is 18.5 Å². The number of piperidine rings is 1. The van der Waals surface area contributed by atoms with Gasteiger partial charge in [0, 0.05) is 25.5 Å². The quantitative estimate of drug-likeness (QED) is 0.652. The number of nitrogens with two attached hydrogens (primary N) is 1. The molecule has 9 heteroatoms. The second-order valence-corrected chi connectivity index (χ2v) is 8.24. The highest BCUT2D eigenvalue weighted by atomic mass is 16.2. The van der Waals surface area contributed by atoms with Gasteiger partial charge < -0.3 is 10.6 Å². The van der Waals surface area contributed by atoms with Gasteiger partial charge in [0.25, 0.3) is 0 Å². The van der Waals surface area contributed by atoms with E-state index in [0.29, 0.717) is 17.2 Å². The first-order valence-electron chi connectivity index (χ1n) is 10.5. The van der Waals surface area contributed by atoms with Crippen LogP contribution in [0.25, 0.3) is 22.5 Å². The lowest BCUT2D eigenvalue weighted by Crippen LogP contribution is -2.43. The maximum atomic E-state index is 11.9. The first-order valence-corrected chi connectivity index (χ1v) is 10.5. The fourth-order valence-corrected chi connectivity index (χ4v) is 4.73. The predicted octanol–water partition coefficient (Wildman–Crippen LogP) is 2.53. The number of nitrogen functional groups attached to an aromatic ring is 1. The van der Waals surface area contributed by atoms with Crippen LogP contribution in [-0.4, -0.2) is 53.7 Å². The third-order valence-electron chi connectivity index (χ3n) is 6.58. The third kappa shape index (κ3) is 3.35. The Bertz CT molecular complexity index is 1170. The molecule has 2 N–H and O–H groups in total. The van der Waals surface area contributed by atoms with Crippen LogP contribution in [-0.2, 0) is 4.79 Å². The summed E-state index contributed by atoms with van der Waals surface area (Å²) >= 11 is 0. The van der Waals surface area contributed by atoms with E-state index in [4.69, 9.17) is 10.8 Å². The minimum atomic E-state index is 0.0257. The first kappa shape index (κ1) is 19.3. The fourth-order valence-electron chi connectivity index (χ4n) is 4.73. The zero-order valence-corrected chi connectivity index (χ0v) is 17.2. The van der Waals surface area contributed by atoms with Crippen LogP contribution in [0.1, 0.15) is 37.8 Å². The van der Waals surface area contributed by atoms with Crippen molar-refractivity contribution in [1.82, 2.24) is 34.7 Å². The van der Waals surface area contributed by atoms with Crippen molar-refractivity contribution >= 4 is 22.8 Å². The van der Waals surface area contributed by atoms with E-state index in [0.717, 1.165) is 62.0 Å². The van der Waals surface area contributed by atoms with E-state index in [1.807, 2.05) is 4.90 Å². The normalized spacial score (nSPS) is 18.2. The molecule has 5 rings (SSSR count). The van der Waals surface area contributed by atoms with Crippen LogP contribution in [0.3, 0.4) is 0 Å². The van der Waals surface area contributed by atoms with Gasteiger partial charge in [-0.05, 0) is 55.2 Å². The Morgan fingerprint density at radius 1 is 1.16 bits per heavy atom. The Balaban J connectivity index is 1.48. The van der Waals surface area contributed by atoms with Crippen molar-refractivity contribution in [3.05, 3.63) is 49.2 Å². The number of fused-ring (bicyclic) bond motifs is 1. The molecule has 1 amide bonds. The summed E-state index contributed by atoms with van der Waals surface area (Å²) in [6, 6.07) is 1.78. The molecule has 9 nitrogen and oxygen atoms in total. The van der Waals surface area contributed by atoms with Crippen LogP contribution >= 0.6 is 0 Å². The van der Waals surface area contributed by atoms with Crippen LogP contribution in [0.2, 0.25) is 0 Å².